The van der Waals surface area contributed by atoms with Crippen LogP contribution < -0.4 is 4.74 Å². The van der Waals surface area contributed by atoms with Crippen LogP contribution in [-0.2, 0) is 0 Å². The van der Waals surface area contributed by atoms with Crippen LogP contribution in [0, 0.1) is 0 Å². The molecular formula is C19H18ClN3O2S. The maximum Gasteiger partial charge on any atom is 0.259 e. The van der Waals surface area contributed by atoms with Gasteiger partial charge in [0.2, 0.25) is 5.88 Å². The molecule has 7 heteroatoms. The summed E-state index contributed by atoms with van der Waals surface area (Å²) in [6.45, 7) is 1.41. The first-order valence-corrected chi connectivity index (χ1v) is 9.69. The maximum atomic E-state index is 12.8. The number of methoxy groups -OCH3 is 1. The topological polar surface area (TPSA) is 55.3 Å². The molecule has 5 nitrogen and oxygen atoms in total. The van der Waals surface area contributed by atoms with E-state index in [-0.39, 0.29) is 5.91 Å². The quantitative estimate of drug-likeness (QED) is 0.669. The molecule has 0 unspecified atom stereocenters. The molecule has 1 aromatic carbocycles. The summed E-state index contributed by atoms with van der Waals surface area (Å²) >= 11 is 7.78. The van der Waals surface area contributed by atoms with E-state index >= 15 is 0 Å². The molecular weight excluding hydrogens is 370 g/mol. The van der Waals surface area contributed by atoms with Crippen molar-refractivity contribution in [2.24, 2.45) is 0 Å². The van der Waals surface area contributed by atoms with Gasteiger partial charge in [0.05, 0.1) is 22.3 Å². The van der Waals surface area contributed by atoms with E-state index in [4.69, 9.17) is 21.3 Å². The lowest BCUT2D eigenvalue weighted by atomic mass is 9.97. The third-order valence-corrected chi connectivity index (χ3v) is 6.13. The van der Waals surface area contributed by atoms with Crippen LogP contribution in [0.3, 0.4) is 0 Å². The van der Waals surface area contributed by atoms with Crippen molar-refractivity contribution in [1.29, 1.82) is 0 Å². The monoisotopic (exact) mass is 387 g/mol. The molecule has 26 heavy (non-hydrogen) atoms. The molecule has 0 spiro atoms. The molecule has 0 bridgehead atoms. The van der Waals surface area contributed by atoms with Crippen molar-refractivity contribution in [1.82, 2.24) is 14.9 Å². The standard InChI is InChI=1S/C19H18ClN3O2S/c1-25-17-14(3-2-8-21-17)19(24)23-9-6-12(7-10-23)18-22-15-11-13(20)4-5-16(15)26-18/h2-5,8,11-12H,6-7,9-10H2,1H3. The highest BCUT2D eigenvalue weighted by molar-refractivity contribution is 7.18. The first-order valence-electron chi connectivity index (χ1n) is 8.50. The van der Waals surface area contributed by atoms with E-state index < -0.39 is 0 Å². The zero-order chi connectivity index (χ0) is 18.1. The number of likely N-dealkylation sites (tertiary alicyclic amines) is 1. The van der Waals surface area contributed by atoms with Crippen molar-refractivity contribution < 1.29 is 9.53 Å². The van der Waals surface area contributed by atoms with Gasteiger partial charge < -0.3 is 9.64 Å². The maximum absolute atomic E-state index is 12.8. The van der Waals surface area contributed by atoms with Gasteiger partial charge in [0.15, 0.2) is 0 Å². The summed E-state index contributed by atoms with van der Waals surface area (Å²) in [6.07, 6.45) is 3.44. The van der Waals surface area contributed by atoms with Crippen LogP contribution in [-0.4, -0.2) is 41.0 Å². The number of fused-ring (bicyclic) bond motifs is 1. The van der Waals surface area contributed by atoms with E-state index in [0.717, 1.165) is 28.1 Å². The molecule has 3 heterocycles. The summed E-state index contributed by atoms with van der Waals surface area (Å²) in [5.74, 6) is 0.734. The number of halogens is 1. The van der Waals surface area contributed by atoms with Crippen molar-refractivity contribution in [3.8, 4) is 5.88 Å². The number of thiazole rings is 1. The number of benzene rings is 1. The Morgan fingerprint density at radius 2 is 2.12 bits per heavy atom. The van der Waals surface area contributed by atoms with Gasteiger partial charge in [-0.3, -0.25) is 4.79 Å². The molecule has 0 aliphatic carbocycles. The fourth-order valence-electron chi connectivity index (χ4n) is 3.31. The van der Waals surface area contributed by atoms with E-state index in [1.807, 2.05) is 23.1 Å². The minimum atomic E-state index is -0.0236. The summed E-state index contributed by atoms with van der Waals surface area (Å²) < 4.78 is 6.37. The minimum Gasteiger partial charge on any atom is -0.480 e. The van der Waals surface area contributed by atoms with E-state index in [0.29, 0.717) is 35.5 Å². The summed E-state index contributed by atoms with van der Waals surface area (Å²) in [6, 6.07) is 9.34. The van der Waals surface area contributed by atoms with Crippen molar-refractivity contribution >= 4 is 39.1 Å². The number of amides is 1. The number of hydrogen-bond donors (Lipinski definition) is 0. The van der Waals surface area contributed by atoms with Crippen molar-refractivity contribution in [3.63, 3.8) is 0 Å². The third-order valence-electron chi connectivity index (χ3n) is 4.69. The average molecular weight is 388 g/mol. The fraction of sp³-hybridized carbons (Fsp3) is 0.316. The van der Waals surface area contributed by atoms with E-state index in [1.54, 1.807) is 29.7 Å². The van der Waals surface area contributed by atoms with Crippen LogP contribution in [0.2, 0.25) is 5.02 Å². The Hall–Kier alpha value is -2.18. The second-order valence-electron chi connectivity index (χ2n) is 6.29. The average Bonchev–Trinajstić information content (AvgIpc) is 3.10. The van der Waals surface area contributed by atoms with Gasteiger partial charge in [-0.15, -0.1) is 11.3 Å². The molecule has 0 N–H and O–H groups in total. The molecule has 0 radical (unpaired) electrons. The van der Waals surface area contributed by atoms with E-state index in [1.165, 1.54) is 7.11 Å². The van der Waals surface area contributed by atoms with Crippen LogP contribution >= 0.6 is 22.9 Å². The van der Waals surface area contributed by atoms with Crippen molar-refractivity contribution in [2.45, 2.75) is 18.8 Å². The van der Waals surface area contributed by atoms with Crippen molar-refractivity contribution in [3.05, 3.63) is 52.1 Å². The Morgan fingerprint density at radius 3 is 2.88 bits per heavy atom. The normalized spacial score (nSPS) is 15.4. The van der Waals surface area contributed by atoms with Crippen LogP contribution in [0.25, 0.3) is 10.2 Å². The molecule has 1 aliphatic rings. The van der Waals surface area contributed by atoms with Gasteiger partial charge in [0.1, 0.15) is 5.56 Å². The summed E-state index contributed by atoms with van der Waals surface area (Å²) in [5, 5.41) is 1.84. The van der Waals surface area contributed by atoms with Crippen LogP contribution in [0.1, 0.15) is 34.1 Å². The number of piperidine rings is 1. The molecule has 0 saturated carbocycles. The number of rotatable bonds is 3. The highest BCUT2D eigenvalue weighted by Crippen LogP contribution is 2.35. The van der Waals surface area contributed by atoms with E-state index in [2.05, 4.69) is 4.98 Å². The molecule has 1 aliphatic heterocycles. The Bertz CT molecular complexity index is 951. The number of carbonyl (C=O) groups is 1. The summed E-state index contributed by atoms with van der Waals surface area (Å²) in [4.78, 5) is 23.5. The highest BCUT2D eigenvalue weighted by atomic mass is 35.5. The lowest BCUT2D eigenvalue weighted by Gasteiger charge is -2.31. The minimum absolute atomic E-state index is 0.0236. The Balaban J connectivity index is 1.47. The lowest BCUT2D eigenvalue weighted by Crippen LogP contribution is -2.38. The molecule has 1 amide bonds. The van der Waals surface area contributed by atoms with Gasteiger partial charge >= 0.3 is 0 Å². The second kappa shape index (κ2) is 7.21. The van der Waals surface area contributed by atoms with E-state index in [9.17, 15) is 4.79 Å². The molecule has 2 aromatic heterocycles. The summed E-state index contributed by atoms with van der Waals surface area (Å²) in [5.41, 5.74) is 1.47. The number of ether oxygens (including phenoxy) is 1. The largest absolute Gasteiger partial charge is 0.480 e. The van der Waals surface area contributed by atoms with Gasteiger partial charge in [-0.05, 0) is 43.2 Å². The SMILES string of the molecule is COc1ncccc1C(=O)N1CCC(c2nc3cc(Cl)ccc3s2)CC1. The van der Waals surface area contributed by atoms with Gasteiger partial charge in [-0.2, -0.15) is 0 Å². The molecule has 134 valence electrons. The number of nitrogens with zero attached hydrogens (tertiary/aromatic N) is 3. The predicted octanol–water partition coefficient (Wildman–Crippen LogP) is 4.37. The number of pyridine rings is 1. The highest BCUT2D eigenvalue weighted by Gasteiger charge is 2.28. The van der Waals surface area contributed by atoms with Crippen molar-refractivity contribution in [2.75, 3.05) is 20.2 Å². The zero-order valence-corrected chi connectivity index (χ0v) is 15.9. The molecule has 0 atom stereocenters. The first-order chi connectivity index (χ1) is 12.7. The Kier molecular flexibility index (Phi) is 4.78. The molecule has 1 saturated heterocycles. The van der Waals surface area contributed by atoms with Crippen LogP contribution in [0.4, 0.5) is 0 Å². The van der Waals surface area contributed by atoms with Crippen LogP contribution in [0.15, 0.2) is 36.5 Å². The van der Waals surface area contributed by atoms with Gasteiger partial charge in [0, 0.05) is 30.2 Å². The smallest absolute Gasteiger partial charge is 0.259 e. The van der Waals surface area contributed by atoms with Gasteiger partial charge in [-0.1, -0.05) is 11.6 Å². The summed E-state index contributed by atoms with van der Waals surface area (Å²) in [7, 11) is 1.53. The number of hydrogen-bond acceptors (Lipinski definition) is 5. The van der Waals surface area contributed by atoms with Gasteiger partial charge in [-0.25, -0.2) is 9.97 Å². The lowest BCUT2D eigenvalue weighted by molar-refractivity contribution is 0.0708. The number of aromatic nitrogens is 2. The van der Waals surface area contributed by atoms with Gasteiger partial charge in [0.25, 0.3) is 5.91 Å². The first kappa shape index (κ1) is 17.2. The van der Waals surface area contributed by atoms with Crippen LogP contribution in [0.5, 0.6) is 5.88 Å². The fourth-order valence-corrected chi connectivity index (χ4v) is 4.59. The molecule has 4 rings (SSSR count). The molecule has 1 fully saturated rings. The zero-order valence-electron chi connectivity index (χ0n) is 14.3. The number of carbonyl (C=O) groups excluding carboxylic acids is 1. The Labute approximate surface area is 160 Å². The third kappa shape index (κ3) is 3.27. The molecule has 3 aromatic rings. The predicted molar refractivity (Wildman–Crippen MR) is 103 cm³/mol. The Morgan fingerprint density at radius 1 is 1.31 bits per heavy atom. The second-order valence-corrected chi connectivity index (χ2v) is 7.79.